The molecule has 0 radical (unpaired) electrons. The zero-order chi connectivity index (χ0) is 19.3. The Balaban J connectivity index is 2.14. The molecule has 0 fully saturated rings. The number of carbonyl (C=O) groups excluding carboxylic acids is 1. The fourth-order valence-electron chi connectivity index (χ4n) is 2.28. The third kappa shape index (κ3) is 4.64. The van der Waals surface area contributed by atoms with Gasteiger partial charge in [0.1, 0.15) is 0 Å². The standard InChI is InChI=1S/C17H19N3O5S/c1-3-19(26(24,25)16-9-7-13(2)8-10-16)12-17(21)18-14-5-4-6-15(11-14)20(22)23/h4-11H,3,12H2,1-2H3,(H,18,21). The van der Waals surface area contributed by atoms with Crippen LogP contribution >= 0.6 is 0 Å². The number of sulfonamides is 1. The number of anilines is 1. The molecule has 9 heteroatoms. The van der Waals surface area contributed by atoms with E-state index in [1.54, 1.807) is 19.1 Å². The highest BCUT2D eigenvalue weighted by atomic mass is 32.2. The lowest BCUT2D eigenvalue weighted by molar-refractivity contribution is -0.384. The first-order valence-electron chi connectivity index (χ1n) is 7.85. The number of hydrogen-bond donors (Lipinski definition) is 1. The van der Waals surface area contributed by atoms with Crippen molar-refractivity contribution in [2.75, 3.05) is 18.4 Å². The molecule has 0 unspecified atom stereocenters. The zero-order valence-corrected chi connectivity index (χ0v) is 15.2. The van der Waals surface area contributed by atoms with Gasteiger partial charge in [-0.15, -0.1) is 0 Å². The molecule has 0 aromatic heterocycles. The highest BCUT2D eigenvalue weighted by Crippen LogP contribution is 2.18. The van der Waals surface area contributed by atoms with Crippen LogP contribution in [0.1, 0.15) is 12.5 Å². The van der Waals surface area contributed by atoms with Gasteiger partial charge in [-0.1, -0.05) is 30.7 Å². The van der Waals surface area contributed by atoms with Gasteiger partial charge in [-0.05, 0) is 25.1 Å². The van der Waals surface area contributed by atoms with E-state index in [0.717, 1.165) is 9.87 Å². The van der Waals surface area contributed by atoms with Gasteiger partial charge in [-0.2, -0.15) is 4.31 Å². The van der Waals surface area contributed by atoms with Crippen LogP contribution in [0.15, 0.2) is 53.4 Å². The highest BCUT2D eigenvalue weighted by molar-refractivity contribution is 7.89. The first-order valence-corrected chi connectivity index (χ1v) is 9.29. The predicted octanol–water partition coefficient (Wildman–Crippen LogP) is 2.55. The molecule has 0 atom stereocenters. The molecule has 0 saturated heterocycles. The van der Waals surface area contributed by atoms with Crippen molar-refractivity contribution in [3.8, 4) is 0 Å². The van der Waals surface area contributed by atoms with Crippen molar-refractivity contribution in [2.24, 2.45) is 0 Å². The molecule has 1 N–H and O–H groups in total. The lowest BCUT2D eigenvalue weighted by Gasteiger charge is -2.20. The number of carbonyl (C=O) groups is 1. The van der Waals surface area contributed by atoms with Crippen molar-refractivity contribution in [3.63, 3.8) is 0 Å². The number of likely N-dealkylation sites (N-methyl/N-ethyl adjacent to an activating group) is 1. The third-order valence-electron chi connectivity index (χ3n) is 3.67. The molecule has 2 aromatic rings. The molecule has 138 valence electrons. The van der Waals surface area contributed by atoms with Gasteiger partial charge in [0.2, 0.25) is 15.9 Å². The highest BCUT2D eigenvalue weighted by Gasteiger charge is 2.25. The van der Waals surface area contributed by atoms with Crippen LogP contribution in [-0.2, 0) is 14.8 Å². The summed E-state index contributed by atoms with van der Waals surface area (Å²) in [5.41, 5.74) is 0.992. The van der Waals surface area contributed by atoms with E-state index < -0.39 is 27.4 Å². The predicted molar refractivity (Wildman–Crippen MR) is 97.3 cm³/mol. The summed E-state index contributed by atoms with van der Waals surface area (Å²) in [6, 6.07) is 11.8. The van der Waals surface area contributed by atoms with E-state index in [4.69, 9.17) is 0 Å². The van der Waals surface area contributed by atoms with Crippen LogP contribution in [0.5, 0.6) is 0 Å². The van der Waals surface area contributed by atoms with Crippen molar-refractivity contribution in [1.29, 1.82) is 0 Å². The van der Waals surface area contributed by atoms with Crippen molar-refractivity contribution in [1.82, 2.24) is 4.31 Å². The number of rotatable bonds is 7. The van der Waals surface area contributed by atoms with Crippen LogP contribution in [0.3, 0.4) is 0 Å². The minimum atomic E-state index is -3.81. The molecule has 0 bridgehead atoms. The number of non-ortho nitro benzene ring substituents is 1. The number of benzene rings is 2. The molecule has 0 aliphatic heterocycles. The van der Waals surface area contributed by atoms with Crippen LogP contribution in [0.4, 0.5) is 11.4 Å². The van der Waals surface area contributed by atoms with Gasteiger partial charge in [0, 0.05) is 24.4 Å². The smallest absolute Gasteiger partial charge is 0.271 e. The first kappa shape index (κ1) is 19.5. The largest absolute Gasteiger partial charge is 0.325 e. The Morgan fingerprint density at radius 1 is 1.19 bits per heavy atom. The number of amides is 1. The molecule has 0 spiro atoms. The number of hydrogen-bond acceptors (Lipinski definition) is 5. The molecule has 0 aliphatic rings. The molecule has 0 aliphatic carbocycles. The van der Waals surface area contributed by atoms with E-state index >= 15 is 0 Å². The van der Waals surface area contributed by atoms with Gasteiger partial charge in [-0.25, -0.2) is 8.42 Å². The van der Waals surface area contributed by atoms with Gasteiger partial charge in [0.15, 0.2) is 0 Å². The Kier molecular flexibility index (Phi) is 6.06. The summed E-state index contributed by atoms with van der Waals surface area (Å²) in [6.45, 7) is 3.20. The van der Waals surface area contributed by atoms with Crippen molar-refractivity contribution in [3.05, 3.63) is 64.2 Å². The Labute approximate surface area is 151 Å². The summed E-state index contributed by atoms with van der Waals surface area (Å²) in [7, 11) is -3.81. The Hall–Kier alpha value is -2.78. The Morgan fingerprint density at radius 2 is 1.85 bits per heavy atom. The first-order chi connectivity index (χ1) is 12.2. The average Bonchev–Trinajstić information content (AvgIpc) is 2.60. The maximum absolute atomic E-state index is 12.7. The summed E-state index contributed by atoms with van der Waals surface area (Å²) in [4.78, 5) is 22.5. The summed E-state index contributed by atoms with van der Waals surface area (Å²) in [5, 5.41) is 13.3. The lowest BCUT2D eigenvalue weighted by atomic mass is 10.2. The second-order valence-electron chi connectivity index (χ2n) is 5.60. The van der Waals surface area contributed by atoms with Gasteiger partial charge in [0.25, 0.3) is 5.69 Å². The van der Waals surface area contributed by atoms with Crippen LogP contribution in [0.2, 0.25) is 0 Å². The van der Waals surface area contributed by atoms with E-state index in [1.165, 1.54) is 36.4 Å². The number of aryl methyl sites for hydroxylation is 1. The lowest BCUT2D eigenvalue weighted by Crippen LogP contribution is -2.37. The quantitative estimate of drug-likeness (QED) is 0.589. The van der Waals surface area contributed by atoms with E-state index in [2.05, 4.69) is 5.32 Å². The number of nitrogens with zero attached hydrogens (tertiary/aromatic N) is 2. The topological polar surface area (TPSA) is 110 Å². The molecular weight excluding hydrogens is 358 g/mol. The van der Waals surface area contributed by atoms with Crippen LogP contribution in [-0.4, -0.2) is 36.6 Å². The molecule has 8 nitrogen and oxygen atoms in total. The summed E-state index contributed by atoms with van der Waals surface area (Å²) in [6.07, 6.45) is 0. The molecule has 26 heavy (non-hydrogen) atoms. The van der Waals surface area contributed by atoms with E-state index in [0.29, 0.717) is 0 Å². The fourth-order valence-corrected chi connectivity index (χ4v) is 3.69. The van der Waals surface area contributed by atoms with E-state index in [1.807, 2.05) is 6.92 Å². The molecule has 2 rings (SSSR count). The number of nitro groups is 1. The second kappa shape index (κ2) is 8.07. The van der Waals surface area contributed by atoms with Crippen molar-refractivity contribution in [2.45, 2.75) is 18.7 Å². The van der Waals surface area contributed by atoms with Crippen LogP contribution < -0.4 is 5.32 Å². The SMILES string of the molecule is CCN(CC(=O)Nc1cccc([N+](=O)[O-])c1)S(=O)(=O)c1ccc(C)cc1. The summed E-state index contributed by atoms with van der Waals surface area (Å²) >= 11 is 0. The normalized spacial score (nSPS) is 11.3. The summed E-state index contributed by atoms with van der Waals surface area (Å²) < 4.78 is 26.4. The van der Waals surface area contributed by atoms with Crippen LogP contribution in [0.25, 0.3) is 0 Å². The van der Waals surface area contributed by atoms with Crippen molar-refractivity contribution >= 4 is 27.3 Å². The van der Waals surface area contributed by atoms with Gasteiger partial charge < -0.3 is 5.32 Å². The van der Waals surface area contributed by atoms with Gasteiger partial charge in [0.05, 0.1) is 16.4 Å². The molecule has 0 heterocycles. The second-order valence-corrected chi connectivity index (χ2v) is 7.54. The Morgan fingerprint density at radius 3 is 2.42 bits per heavy atom. The van der Waals surface area contributed by atoms with Crippen LogP contribution in [0, 0.1) is 17.0 Å². The Bertz CT molecular complexity index is 910. The maximum Gasteiger partial charge on any atom is 0.271 e. The maximum atomic E-state index is 12.7. The van der Waals surface area contributed by atoms with Gasteiger partial charge in [-0.3, -0.25) is 14.9 Å². The zero-order valence-electron chi connectivity index (χ0n) is 14.4. The third-order valence-corrected chi connectivity index (χ3v) is 5.61. The minimum Gasteiger partial charge on any atom is -0.325 e. The van der Waals surface area contributed by atoms with Gasteiger partial charge >= 0.3 is 0 Å². The molecule has 2 aromatic carbocycles. The van der Waals surface area contributed by atoms with Crippen molar-refractivity contribution < 1.29 is 18.1 Å². The summed E-state index contributed by atoms with van der Waals surface area (Å²) in [5.74, 6) is -0.581. The van der Waals surface area contributed by atoms with E-state index in [9.17, 15) is 23.3 Å². The molecular formula is C17H19N3O5S. The molecule has 1 amide bonds. The molecule has 0 saturated carbocycles. The fraction of sp³-hybridized carbons (Fsp3) is 0.235. The number of nitrogens with one attached hydrogen (secondary N) is 1. The monoisotopic (exact) mass is 377 g/mol. The average molecular weight is 377 g/mol. The van der Waals surface area contributed by atoms with E-state index in [-0.39, 0.29) is 22.8 Å². The minimum absolute atomic E-state index is 0.105. The number of nitro benzene ring substituents is 1.